The van der Waals surface area contributed by atoms with Crippen LogP contribution in [0.15, 0.2) is 168 Å². The van der Waals surface area contributed by atoms with Gasteiger partial charge in [-0.1, -0.05) is 115 Å². The Hall–Kier alpha value is -5.60. The predicted molar refractivity (Wildman–Crippen MR) is 177 cm³/mol. The summed E-state index contributed by atoms with van der Waals surface area (Å²) in [6.45, 7) is 0. The molecule has 1 aromatic heterocycles. The van der Waals surface area contributed by atoms with Crippen LogP contribution in [0, 0.1) is 0 Å². The summed E-state index contributed by atoms with van der Waals surface area (Å²) in [6, 6.07) is 58.0. The first-order chi connectivity index (χ1) is 20.8. The lowest BCUT2D eigenvalue weighted by Crippen LogP contribution is -2.09. The fourth-order valence-electron chi connectivity index (χ4n) is 6.12. The van der Waals surface area contributed by atoms with E-state index in [0.29, 0.717) is 0 Å². The number of para-hydroxylation sites is 2. The van der Waals surface area contributed by atoms with Crippen LogP contribution in [0.4, 0.5) is 17.1 Å². The van der Waals surface area contributed by atoms with Crippen molar-refractivity contribution in [3.05, 3.63) is 164 Å². The average molecular weight is 538 g/mol. The van der Waals surface area contributed by atoms with Gasteiger partial charge in [-0.25, -0.2) is 0 Å². The van der Waals surface area contributed by atoms with Crippen LogP contribution in [-0.4, -0.2) is 0 Å². The SMILES string of the molecule is c1ccc(N(c2ccc(-c3cccc4oc5ccccc5c34)cc2)c2cccc(-c3cccc4ccccc34)c2)cc1. The second-order valence-corrected chi connectivity index (χ2v) is 10.6. The molecule has 0 saturated heterocycles. The van der Waals surface area contributed by atoms with E-state index in [1.165, 1.54) is 27.5 Å². The Morgan fingerprint density at radius 2 is 1.00 bits per heavy atom. The summed E-state index contributed by atoms with van der Waals surface area (Å²) in [7, 11) is 0. The third-order valence-corrected chi connectivity index (χ3v) is 8.06. The van der Waals surface area contributed by atoms with Crippen molar-refractivity contribution in [2.45, 2.75) is 0 Å². The van der Waals surface area contributed by atoms with Crippen LogP contribution >= 0.6 is 0 Å². The molecule has 7 aromatic carbocycles. The molecule has 8 aromatic rings. The van der Waals surface area contributed by atoms with E-state index in [0.717, 1.165) is 44.6 Å². The highest BCUT2D eigenvalue weighted by Crippen LogP contribution is 2.40. The van der Waals surface area contributed by atoms with Gasteiger partial charge in [-0.05, 0) is 81.6 Å². The van der Waals surface area contributed by atoms with Crippen molar-refractivity contribution in [3.8, 4) is 22.3 Å². The smallest absolute Gasteiger partial charge is 0.136 e. The van der Waals surface area contributed by atoms with Crippen molar-refractivity contribution >= 4 is 49.8 Å². The molecule has 0 radical (unpaired) electrons. The average Bonchev–Trinajstić information content (AvgIpc) is 3.45. The van der Waals surface area contributed by atoms with E-state index in [9.17, 15) is 0 Å². The molecule has 42 heavy (non-hydrogen) atoms. The zero-order valence-electron chi connectivity index (χ0n) is 22.9. The third kappa shape index (κ3) is 4.13. The molecule has 0 aliphatic heterocycles. The molecule has 0 fully saturated rings. The van der Waals surface area contributed by atoms with E-state index in [1.54, 1.807) is 0 Å². The van der Waals surface area contributed by atoms with Gasteiger partial charge < -0.3 is 9.32 Å². The number of anilines is 3. The number of hydrogen-bond donors (Lipinski definition) is 0. The summed E-state index contributed by atoms with van der Waals surface area (Å²) in [6.07, 6.45) is 0. The Morgan fingerprint density at radius 1 is 0.381 bits per heavy atom. The molecular formula is C40H27NO. The Balaban J connectivity index is 1.24. The first-order valence-electron chi connectivity index (χ1n) is 14.3. The number of rotatable bonds is 5. The molecule has 0 saturated carbocycles. The standard InChI is InChI=1S/C40H27NO/c1-2-14-31(15-3-1)41(33-16-8-13-30(27-33)35-19-9-12-28-11-4-5-17-34(28)35)32-25-23-29(24-26-32)36-20-10-22-39-40(36)37-18-6-7-21-38(37)42-39/h1-27H. The molecule has 0 amide bonds. The minimum atomic E-state index is 0.911. The fraction of sp³-hybridized carbons (Fsp3) is 0. The molecule has 8 rings (SSSR count). The Morgan fingerprint density at radius 3 is 1.88 bits per heavy atom. The van der Waals surface area contributed by atoms with Crippen LogP contribution in [0.1, 0.15) is 0 Å². The van der Waals surface area contributed by atoms with Crippen molar-refractivity contribution in [1.82, 2.24) is 0 Å². The van der Waals surface area contributed by atoms with E-state index in [1.807, 2.05) is 18.2 Å². The molecule has 198 valence electrons. The largest absolute Gasteiger partial charge is 0.456 e. The first-order valence-corrected chi connectivity index (χ1v) is 14.3. The monoisotopic (exact) mass is 537 g/mol. The molecule has 2 nitrogen and oxygen atoms in total. The molecule has 0 aliphatic rings. The van der Waals surface area contributed by atoms with Gasteiger partial charge >= 0.3 is 0 Å². The van der Waals surface area contributed by atoms with Crippen LogP contribution in [0.5, 0.6) is 0 Å². The summed E-state index contributed by atoms with van der Waals surface area (Å²) >= 11 is 0. The van der Waals surface area contributed by atoms with E-state index in [4.69, 9.17) is 4.42 Å². The van der Waals surface area contributed by atoms with Crippen LogP contribution in [0.25, 0.3) is 55.0 Å². The topological polar surface area (TPSA) is 16.4 Å². The zero-order valence-corrected chi connectivity index (χ0v) is 22.9. The number of fused-ring (bicyclic) bond motifs is 4. The second-order valence-electron chi connectivity index (χ2n) is 10.6. The van der Waals surface area contributed by atoms with Gasteiger partial charge in [0.05, 0.1) is 0 Å². The Labute approximate surface area is 244 Å². The van der Waals surface area contributed by atoms with E-state index < -0.39 is 0 Å². The summed E-state index contributed by atoms with van der Waals surface area (Å²) in [5, 5.41) is 4.80. The predicted octanol–water partition coefficient (Wildman–Crippen LogP) is 11.5. The quantitative estimate of drug-likeness (QED) is 0.217. The maximum atomic E-state index is 6.16. The minimum Gasteiger partial charge on any atom is -0.456 e. The van der Waals surface area contributed by atoms with Gasteiger partial charge in [0, 0.05) is 27.8 Å². The summed E-state index contributed by atoms with van der Waals surface area (Å²) < 4.78 is 6.16. The lowest BCUT2D eigenvalue weighted by atomic mass is 9.97. The van der Waals surface area contributed by atoms with Crippen LogP contribution in [-0.2, 0) is 0 Å². The number of furan rings is 1. The van der Waals surface area contributed by atoms with Crippen LogP contribution in [0.2, 0.25) is 0 Å². The van der Waals surface area contributed by atoms with E-state index in [-0.39, 0.29) is 0 Å². The number of hydrogen-bond acceptors (Lipinski definition) is 2. The minimum absolute atomic E-state index is 0.911. The zero-order chi connectivity index (χ0) is 27.9. The fourth-order valence-corrected chi connectivity index (χ4v) is 6.12. The Kier molecular flexibility index (Phi) is 5.82. The molecule has 0 aliphatic carbocycles. The molecule has 2 heteroatoms. The van der Waals surface area contributed by atoms with Crippen molar-refractivity contribution in [2.24, 2.45) is 0 Å². The molecule has 0 N–H and O–H groups in total. The van der Waals surface area contributed by atoms with Crippen molar-refractivity contribution in [2.75, 3.05) is 4.90 Å². The third-order valence-electron chi connectivity index (χ3n) is 8.06. The summed E-state index contributed by atoms with van der Waals surface area (Å²) in [5.74, 6) is 0. The lowest BCUT2D eigenvalue weighted by molar-refractivity contribution is 0.669. The second kappa shape index (κ2) is 10.1. The molecule has 1 heterocycles. The van der Waals surface area contributed by atoms with Gasteiger partial charge in [-0.2, -0.15) is 0 Å². The van der Waals surface area contributed by atoms with Crippen molar-refractivity contribution in [1.29, 1.82) is 0 Å². The summed E-state index contributed by atoms with van der Waals surface area (Å²) in [5.41, 5.74) is 9.92. The number of nitrogens with zero attached hydrogens (tertiary/aromatic N) is 1. The first kappa shape index (κ1) is 24.2. The van der Waals surface area contributed by atoms with Gasteiger partial charge in [0.25, 0.3) is 0 Å². The van der Waals surface area contributed by atoms with Gasteiger partial charge in [0.2, 0.25) is 0 Å². The van der Waals surface area contributed by atoms with Crippen LogP contribution < -0.4 is 4.90 Å². The van der Waals surface area contributed by atoms with Gasteiger partial charge in [0.1, 0.15) is 11.2 Å². The highest BCUT2D eigenvalue weighted by Gasteiger charge is 2.16. The number of benzene rings is 7. The van der Waals surface area contributed by atoms with Crippen LogP contribution in [0.3, 0.4) is 0 Å². The molecule has 0 atom stereocenters. The maximum Gasteiger partial charge on any atom is 0.136 e. The molecular weight excluding hydrogens is 510 g/mol. The molecule has 0 unspecified atom stereocenters. The van der Waals surface area contributed by atoms with Crippen molar-refractivity contribution < 1.29 is 4.42 Å². The molecule has 0 bridgehead atoms. The maximum absolute atomic E-state index is 6.16. The highest BCUT2D eigenvalue weighted by molar-refractivity contribution is 6.12. The van der Waals surface area contributed by atoms with Gasteiger partial charge in [0.15, 0.2) is 0 Å². The highest BCUT2D eigenvalue weighted by atomic mass is 16.3. The normalized spacial score (nSPS) is 11.3. The van der Waals surface area contributed by atoms with Gasteiger partial charge in [-0.15, -0.1) is 0 Å². The lowest BCUT2D eigenvalue weighted by Gasteiger charge is -2.26. The Bertz CT molecular complexity index is 2190. The van der Waals surface area contributed by atoms with E-state index >= 15 is 0 Å². The van der Waals surface area contributed by atoms with Gasteiger partial charge in [-0.3, -0.25) is 0 Å². The van der Waals surface area contributed by atoms with Crippen molar-refractivity contribution in [3.63, 3.8) is 0 Å². The molecule has 0 spiro atoms. The van der Waals surface area contributed by atoms with E-state index in [2.05, 4.69) is 150 Å². The summed E-state index contributed by atoms with van der Waals surface area (Å²) in [4.78, 5) is 2.33.